The third kappa shape index (κ3) is 4.25. The Hall–Kier alpha value is -3.47. The molecule has 4 nitrogen and oxygen atoms in total. The number of benzene rings is 2. The van der Waals surface area contributed by atoms with Crippen molar-refractivity contribution < 1.29 is 13.9 Å². The van der Waals surface area contributed by atoms with Crippen LogP contribution in [0, 0.1) is 12.7 Å². The van der Waals surface area contributed by atoms with Gasteiger partial charge in [-0.25, -0.2) is 9.18 Å². The molecule has 0 bridgehead atoms. The maximum atomic E-state index is 13.1. The summed E-state index contributed by atoms with van der Waals surface area (Å²) in [6, 6.07) is 17.9. The van der Waals surface area contributed by atoms with Gasteiger partial charge in [0.2, 0.25) is 0 Å². The van der Waals surface area contributed by atoms with E-state index in [0.717, 1.165) is 11.3 Å². The van der Waals surface area contributed by atoms with Gasteiger partial charge in [0, 0.05) is 12.5 Å². The zero-order chi connectivity index (χ0) is 20.9. The molecule has 0 radical (unpaired) electrons. The number of amides is 1. The summed E-state index contributed by atoms with van der Waals surface area (Å²) < 4.78 is 18.6. The third-order valence-corrected chi connectivity index (χ3v) is 5.29. The van der Waals surface area contributed by atoms with Gasteiger partial charge in [0.05, 0.1) is 11.9 Å². The molecule has 0 atom stereocenters. The van der Waals surface area contributed by atoms with Crippen LogP contribution in [0.2, 0.25) is 0 Å². The molecule has 5 heteroatoms. The van der Waals surface area contributed by atoms with Gasteiger partial charge in [-0.05, 0) is 53.3 Å². The monoisotopic (exact) mass is 402 g/mol. The Morgan fingerprint density at radius 1 is 1.13 bits per heavy atom. The Labute approximate surface area is 175 Å². The van der Waals surface area contributed by atoms with Crippen molar-refractivity contribution in [3.63, 3.8) is 0 Å². The van der Waals surface area contributed by atoms with Crippen LogP contribution in [-0.4, -0.2) is 24.2 Å². The van der Waals surface area contributed by atoms with E-state index in [-0.39, 0.29) is 11.7 Å². The van der Waals surface area contributed by atoms with Gasteiger partial charge in [-0.2, -0.15) is 0 Å². The summed E-state index contributed by atoms with van der Waals surface area (Å²) in [6.07, 6.45) is 5.12. The predicted octanol–water partition coefficient (Wildman–Crippen LogP) is 5.47. The minimum atomic E-state index is -0.429. The van der Waals surface area contributed by atoms with Crippen molar-refractivity contribution in [1.29, 1.82) is 0 Å². The summed E-state index contributed by atoms with van der Waals surface area (Å²) in [7, 11) is 0. The lowest BCUT2D eigenvalue weighted by atomic mass is 9.98. The molecule has 1 aromatic heterocycles. The molecule has 3 aromatic rings. The molecular weight excluding hydrogens is 379 g/mol. The van der Waals surface area contributed by atoms with Gasteiger partial charge >= 0.3 is 6.09 Å². The molecule has 1 N–H and O–H groups in total. The summed E-state index contributed by atoms with van der Waals surface area (Å²) in [5.74, 6) is -0.294. The van der Waals surface area contributed by atoms with Crippen molar-refractivity contribution >= 4 is 12.2 Å². The molecule has 0 fully saturated rings. The van der Waals surface area contributed by atoms with E-state index in [0.29, 0.717) is 19.6 Å². The summed E-state index contributed by atoms with van der Waals surface area (Å²) in [6.45, 7) is 2.56. The number of pyridine rings is 1. The minimum Gasteiger partial charge on any atom is -0.449 e. The Morgan fingerprint density at radius 3 is 2.47 bits per heavy atom. The molecule has 1 aliphatic rings. The number of rotatable bonds is 6. The fraction of sp³-hybridized carbons (Fsp3) is 0.200. The van der Waals surface area contributed by atoms with E-state index in [1.165, 1.54) is 34.5 Å². The van der Waals surface area contributed by atoms with E-state index in [9.17, 15) is 9.18 Å². The summed E-state index contributed by atoms with van der Waals surface area (Å²) in [5, 5.41) is 2.77. The minimum absolute atomic E-state index is 0.0515. The SMILES string of the molecule is Cc1cc(F)cnc1C=CCCNC(=O)OCC1c2ccccc2-c2ccccc21. The van der Waals surface area contributed by atoms with Crippen LogP contribution in [0.25, 0.3) is 17.2 Å². The molecule has 1 amide bonds. The molecule has 1 heterocycles. The smallest absolute Gasteiger partial charge is 0.407 e. The van der Waals surface area contributed by atoms with Gasteiger partial charge in [0.15, 0.2) is 0 Å². The van der Waals surface area contributed by atoms with Gasteiger partial charge in [-0.3, -0.25) is 4.98 Å². The van der Waals surface area contributed by atoms with E-state index in [4.69, 9.17) is 4.74 Å². The van der Waals surface area contributed by atoms with E-state index in [1.54, 1.807) is 0 Å². The molecule has 152 valence electrons. The van der Waals surface area contributed by atoms with Gasteiger partial charge in [0.25, 0.3) is 0 Å². The van der Waals surface area contributed by atoms with Crippen LogP contribution in [0.3, 0.4) is 0 Å². The number of carbonyl (C=O) groups excluding carboxylic acids is 1. The highest BCUT2D eigenvalue weighted by Gasteiger charge is 2.28. The summed E-state index contributed by atoms with van der Waals surface area (Å²) in [5.41, 5.74) is 6.29. The van der Waals surface area contributed by atoms with Gasteiger partial charge in [-0.1, -0.05) is 54.6 Å². The lowest BCUT2D eigenvalue weighted by Crippen LogP contribution is -2.26. The van der Waals surface area contributed by atoms with Gasteiger partial charge in [0.1, 0.15) is 12.4 Å². The number of hydrogen-bond acceptors (Lipinski definition) is 3. The molecule has 1 aliphatic carbocycles. The van der Waals surface area contributed by atoms with Crippen LogP contribution in [0.4, 0.5) is 9.18 Å². The van der Waals surface area contributed by atoms with Crippen LogP contribution in [0.15, 0.2) is 66.9 Å². The topological polar surface area (TPSA) is 51.2 Å². The van der Waals surface area contributed by atoms with Gasteiger partial charge < -0.3 is 10.1 Å². The predicted molar refractivity (Wildman–Crippen MR) is 116 cm³/mol. The van der Waals surface area contributed by atoms with Crippen molar-refractivity contribution in [2.75, 3.05) is 13.2 Å². The van der Waals surface area contributed by atoms with Crippen molar-refractivity contribution in [2.24, 2.45) is 0 Å². The first-order valence-corrected chi connectivity index (χ1v) is 10.0. The number of nitrogens with one attached hydrogen (secondary N) is 1. The Balaban J connectivity index is 1.28. The van der Waals surface area contributed by atoms with Crippen LogP contribution in [0.1, 0.15) is 34.7 Å². The lowest BCUT2D eigenvalue weighted by molar-refractivity contribution is 0.143. The first kappa shape index (κ1) is 19.8. The number of aryl methyl sites for hydroxylation is 1. The van der Waals surface area contributed by atoms with Crippen molar-refractivity contribution in [3.8, 4) is 11.1 Å². The number of alkyl carbamates (subject to hydrolysis) is 1. The highest BCUT2D eigenvalue weighted by molar-refractivity contribution is 5.79. The average Bonchev–Trinajstić information content (AvgIpc) is 3.07. The first-order chi connectivity index (χ1) is 14.6. The fourth-order valence-corrected chi connectivity index (χ4v) is 3.83. The lowest BCUT2D eigenvalue weighted by Gasteiger charge is -2.14. The van der Waals surface area contributed by atoms with Crippen LogP contribution >= 0.6 is 0 Å². The number of ether oxygens (including phenoxy) is 1. The van der Waals surface area contributed by atoms with Crippen molar-refractivity contribution in [1.82, 2.24) is 10.3 Å². The highest BCUT2D eigenvalue weighted by atomic mass is 19.1. The standard InChI is InChI=1S/C25H23FN2O2/c1-17-14-18(26)15-28-24(17)12-6-7-13-27-25(29)30-16-23-21-10-4-2-8-19(21)20-9-3-5-11-22(20)23/h2-6,8-12,14-15,23H,7,13,16H2,1H3,(H,27,29). The quantitative estimate of drug-likeness (QED) is 0.556. The second kappa shape index (κ2) is 8.91. The molecule has 0 spiro atoms. The third-order valence-electron chi connectivity index (χ3n) is 5.29. The second-order valence-electron chi connectivity index (χ2n) is 7.30. The number of fused-ring (bicyclic) bond motifs is 3. The molecule has 30 heavy (non-hydrogen) atoms. The van der Waals surface area contributed by atoms with Crippen LogP contribution < -0.4 is 5.32 Å². The average molecular weight is 402 g/mol. The molecular formula is C25H23FN2O2. The number of hydrogen-bond donors (Lipinski definition) is 1. The van der Waals surface area contributed by atoms with Crippen molar-refractivity contribution in [3.05, 3.63) is 95.1 Å². The van der Waals surface area contributed by atoms with E-state index < -0.39 is 6.09 Å². The number of aromatic nitrogens is 1. The number of carbonyl (C=O) groups is 1. The van der Waals surface area contributed by atoms with E-state index >= 15 is 0 Å². The van der Waals surface area contributed by atoms with E-state index in [2.05, 4.69) is 34.6 Å². The maximum Gasteiger partial charge on any atom is 0.407 e. The van der Waals surface area contributed by atoms with Crippen LogP contribution in [-0.2, 0) is 4.74 Å². The number of halogens is 1. The zero-order valence-corrected chi connectivity index (χ0v) is 16.8. The van der Waals surface area contributed by atoms with Gasteiger partial charge in [-0.15, -0.1) is 0 Å². The molecule has 4 rings (SSSR count). The molecule has 0 saturated carbocycles. The first-order valence-electron chi connectivity index (χ1n) is 10.0. The Bertz CT molecular complexity index is 1050. The Kier molecular flexibility index (Phi) is 5.89. The summed E-state index contributed by atoms with van der Waals surface area (Å²) >= 11 is 0. The number of nitrogens with zero attached hydrogens (tertiary/aromatic N) is 1. The molecule has 0 unspecified atom stereocenters. The molecule has 0 saturated heterocycles. The summed E-state index contributed by atoms with van der Waals surface area (Å²) in [4.78, 5) is 16.2. The van der Waals surface area contributed by atoms with E-state index in [1.807, 2.05) is 43.3 Å². The van der Waals surface area contributed by atoms with Crippen molar-refractivity contribution in [2.45, 2.75) is 19.3 Å². The Morgan fingerprint density at radius 2 is 1.80 bits per heavy atom. The highest BCUT2D eigenvalue weighted by Crippen LogP contribution is 2.44. The molecule has 0 aliphatic heterocycles. The maximum absolute atomic E-state index is 13.1. The fourth-order valence-electron chi connectivity index (χ4n) is 3.83. The second-order valence-corrected chi connectivity index (χ2v) is 7.30. The van der Waals surface area contributed by atoms with Crippen LogP contribution in [0.5, 0.6) is 0 Å². The zero-order valence-electron chi connectivity index (χ0n) is 16.8. The molecule has 2 aromatic carbocycles. The largest absolute Gasteiger partial charge is 0.449 e. The normalized spacial score (nSPS) is 12.6.